The van der Waals surface area contributed by atoms with Gasteiger partial charge in [-0.05, 0) is 52.7 Å². The van der Waals surface area contributed by atoms with Crippen LogP contribution in [-0.2, 0) is 9.47 Å². The average molecular weight is 309 g/mol. The third-order valence-electron chi connectivity index (χ3n) is 3.70. The molecule has 0 N–H and O–H groups in total. The number of carbonyl (C=O) groups excluding carboxylic acids is 1. The van der Waals surface area contributed by atoms with Gasteiger partial charge in [0, 0.05) is 19.0 Å². The van der Waals surface area contributed by atoms with E-state index in [0.717, 1.165) is 25.1 Å². The lowest BCUT2D eigenvalue weighted by atomic mass is 9.99. The largest absolute Gasteiger partial charge is 0.467 e. The van der Waals surface area contributed by atoms with Crippen molar-refractivity contribution in [2.24, 2.45) is 5.92 Å². The molecule has 2 heterocycles. The van der Waals surface area contributed by atoms with Crippen LogP contribution in [0.25, 0.3) is 0 Å². The lowest BCUT2D eigenvalue weighted by Crippen LogP contribution is -2.43. The van der Waals surface area contributed by atoms with Crippen LogP contribution < -0.4 is 0 Å². The van der Waals surface area contributed by atoms with Gasteiger partial charge in [0.2, 0.25) is 0 Å². The number of rotatable bonds is 4. The van der Waals surface area contributed by atoms with Crippen molar-refractivity contribution in [2.75, 3.05) is 19.7 Å². The number of likely N-dealkylation sites (tertiary alicyclic amines) is 1. The molecule has 2 atom stereocenters. The molecule has 0 radical (unpaired) electrons. The van der Waals surface area contributed by atoms with Gasteiger partial charge in [0.15, 0.2) is 0 Å². The summed E-state index contributed by atoms with van der Waals surface area (Å²) in [7, 11) is 0. The molecule has 1 amide bonds. The Morgan fingerprint density at radius 3 is 2.91 bits per heavy atom. The maximum Gasteiger partial charge on any atom is 0.410 e. The van der Waals surface area contributed by atoms with Gasteiger partial charge in [0.05, 0.1) is 12.9 Å². The Hall–Kier alpha value is -1.49. The molecule has 1 saturated heterocycles. The Morgan fingerprint density at radius 1 is 1.50 bits per heavy atom. The molecule has 0 spiro atoms. The standard InChI is InChI=1S/C17H27NO4/c1-13(15-8-6-10-20-15)21-12-14-7-5-9-18(11-14)16(19)22-17(2,3)4/h6,8,10,13-14H,5,7,9,11-12H2,1-4H3/t13-,14-/m1/s1. The average Bonchev–Trinajstić information content (AvgIpc) is 2.97. The van der Waals surface area contributed by atoms with Crippen LogP contribution in [0, 0.1) is 5.92 Å². The van der Waals surface area contributed by atoms with Crippen LogP contribution in [-0.4, -0.2) is 36.3 Å². The van der Waals surface area contributed by atoms with Gasteiger partial charge in [-0.1, -0.05) is 0 Å². The maximum atomic E-state index is 12.1. The molecule has 2 rings (SSSR count). The minimum absolute atomic E-state index is 0.0631. The molecule has 1 aromatic rings. The number of ether oxygens (including phenoxy) is 2. The lowest BCUT2D eigenvalue weighted by molar-refractivity contribution is -0.00817. The quantitative estimate of drug-likeness (QED) is 0.843. The highest BCUT2D eigenvalue weighted by Gasteiger charge is 2.28. The van der Waals surface area contributed by atoms with E-state index in [1.165, 1.54) is 0 Å². The van der Waals surface area contributed by atoms with E-state index in [1.54, 1.807) is 11.2 Å². The Labute approximate surface area is 132 Å². The van der Waals surface area contributed by atoms with Crippen molar-refractivity contribution < 1.29 is 18.7 Å². The fourth-order valence-electron chi connectivity index (χ4n) is 2.58. The third kappa shape index (κ3) is 5.05. The van der Waals surface area contributed by atoms with E-state index in [1.807, 2.05) is 39.8 Å². The second-order valence-electron chi connectivity index (χ2n) is 6.93. The molecule has 0 aliphatic carbocycles. The van der Waals surface area contributed by atoms with Crippen molar-refractivity contribution in [3.8, 4) is 0 Å². The predicted octanol–water partition coefficient (Wildman–Crippen LogP) is 4.00. The molecule has 5 heteroatoms. The third-order valence-corrected chi connectivity index (χ3v) is 3.70. The smallest absolute Gasteiger partial charge is 0.410 e. The van der Waals surface area contributed by atoms with E-state index in [2.05, 4.69) is 0 Å². The van der Waals surface area contributed by atoms with Crippen LogP contribution >= 0.6 is 0 Å². The predicted molar refractivity (Wildman–Crippen MR) is 83.6 cm³/mol. The summed E-state index contributed by atoms with van der Waals surface area (Å²) in [6, 6.07) is 3.78. The Kier molecular flexibility index (Phi) is 5.51. The first-order valence-electron chi connectivity index (χ1n) is 7.98. The number of hydrogen-bond donors (Lipinski definition) is 0. The van der Waals surface area contributed by atoms with E-state index < -0.39 is 5.60 Å². The minimum atomic E-state index is -0.450. The van der Waals surface area contributed by atoms with Crippen LogP contribution in [0.2, 0.25) is 0 Å². The molecule has 5 nitrogen and oxygen atoms in total. The summed E-state index contributed by atoms with van der Waals surface area (Å²) in [6.45, 7) is 9.73. The molecule has 124 valence electrons. The summed E-state index contributed by atoms with van der Waals surface area (Å²) < 4.78 is 16.7. The molecule has 1 aliphatic rings. The summed E-state index contributed by atoms with van der Waals surface area (Å²) in [5.74, 6) is 1.18. The second-order valence-corrected chi connectivity index (χ2v) is 6.93. The Bertz CT molecular complexity index is 464. The normalized spacial score (nSPS) is 20.7. The lowest BCUT2D eigenvalue weighted by Gasteiger charge is -2.34. The van der Waals surface area contributed by atoms with Gasteiger partial charge in [-0.3, -0.25) is 0 Å². The Balaban J connectivity index is 1.79. The fraction of sp³-hybridized carbons (Fsp3) is 0.706. The van der Waals surface area contributed by atoms with Crippen LogP contribution in [0.3, 0.4) is 0 Å². The first-order chi connectivity index (χ1) is 10.3. The topological polar surface area (TPSA) is 51.9 Å². The van der Waals surface area contributed by atoms with Crippen molar-refractivity contribution in [2.45, 2.75) is 52.2 Å². The molecule has 1 aromatic heterocycles. The minimum Gasteiger partial charge on any atom is -0.467 e. The van der Waals surface area contributed by atoms with Gasteiger partial charge in [-0.25, -0.2) is 4.79 Å². The number of nitrogens with zero attached hydrogens (tertiary/aromatic N) is 1. The molecule has 0 bridgehead atoms. The summed E-state index contributed by atoms with van der Waals surface area (Å²) in [5.41, 5.74) is -0.450. The molecular formula is C17H27NO4. The summed E-state index contributed by atoms with van der Waals surface area (Å²) >= 11 is 0. The summed E-state index contributed by atoms with van der Waals surface area (Å²) in [5, 5.41) is 0. The number of hydrogen-bond acceptors (Lipinski definition) is 4. The van der Waals surface area contributed by atoms with E-state index >= 15 is 0 Å². The van der Waals surface area contributed by atoms with Gasteiger partial charge in [0.25, 0.3) is 0 Å². The zero-order valence-corrected chi connectivity index (χ0v) is 14.0. The SMILES string of the molecule is C[C@@H](OC[C@@H]1CCCN(C(=O)OC(C)(C)C)C1)c1ccco1. The van der Waals surface area contributed by atoms with Gasteiger partial charge in [-0.15, -0.1) is 0 Å². The van der Waals surface area contributed by atoms with Crippen molar-refractivity contribution >= 4 is 6.09 Å². The highest BCUT2D eigenvalue weighted by atomic mass is 16.6. The molecule has 0 aromatic carbocycles. The van der Waals surface area contributed by atoms with Crippen molar-refractivity contribution in [3.05, 3.63) is 24.2 Å². The number of amides is 1. The highest BCUT2D eigenvalue weighted by Crippen LogP contribution is 2.23. The molecule has 0 saturated carbocycles. The van der Waals surface area contributed by atoms with Gasteiger partial charge in [0.1, 0.15) is 17.5 Å². The van der Waals surface area contributed by atoms with Gasteiger partial charge < -0.3 is 18.8 Å². The van der Waals surface area contributed by atoms with Crippen molar-refractivity contribution in [1.29, 1.82) is 0 Å². The fourth-order valence-corrected chi connectivity index (χ4v) is 2.58. The Morgan fingerprint density at radius 2 is 2.27 bits per heavy atom. The number of piperidine rings is 1. The van der Waals surface area contributed by atoms with Crippen LogP contribution in [0.15, 0.2) is 22.8 Å². The highest BCUT2D eigenvalue weighted by molar-refractivity contribution is 5.68. The van der Waals surface area contributed by atoms with E-state index in [4.69, 9.17) is 13.9 Å². The molecule has 0 unspecified atom stereocenters. The summed E-state index contributed by atoms with van der Waals surface area (Å²) in [4.78, 5) is 13.9. The van der Waals surface area contributed by atoms with Crippen LogP contribution in [0.1, 0.15) is 52.4 Å². The molecular weight excluding hydrogens is 282 g/mol. The molecule has 22 heavy (non-hydrogen) atoms. The summed E-state index contributed by atoms with van der Waals surface area (Å²) in [6.07, 6.45) is 3.43. The van der Waals surface area contributed by atoms with Crippen LogP contribution in [0.5, 0.6) is 0 Å². The van der Waals surface area contributed by atoms with E-state index in [0.29, 0.717) is 19.1 Å². The van der Waals surface area contributed by atoms with Gasteiger partial charge in [-0.2, -0.15) is 0 Å². The number of carbonyl (C=O) groups is 1. The first kappa shape index (κ1) is 16.9. The zero-order chi connectivity index (χ0) is 16.2. The first-order valence-corrected chi connectivity index (χ1v) is 7.98. The van der Waals surface area contributed by atoms with Crippen LogP contribution in [0.4, 0.5) is 4.79 Å². The zero-order valence-electron chi connectivity index (χ0n) is 14.0. The van der Waals surface area contributed by atoms with Gasteiger partial charge >= 0.3 is 6.09 Å². The number of furan rings is 1. The monoisotopic (exact) mass is 309 g/mol. The van der Waals surface area contributed by atoms with Crippen molar-refractivity contribution in [3.63, 3.8) is 0 Å². The van der Waals surface area contributed by atoms with Crippen molar-refractivity contribution in [1.82, 2.24) is 4.90 Å². The molecule has 1 aliphatic heterocycles. The van der Waals surface area contributed by atoms with E-state index in [9.17, 15) is 4.79 Å². The van der Waals surface area contributed by atoms with E-state index in [-0.39, 0.29) is 12.2 Å². The molecule has 1 fully saturated rings. The second kappa shape index (κ2) is 7.18. The maximum absolute atomic E-state index is 12.1.